The van der Waals surface area contributed by atoms with Gasteiger partial charge in [-0.1, -0.05) is 46.0 Å². The lowest BCUT2D eigenvalue weighted by Crippen LogP contribution is -2.65. The van der Waals surface area contributed by atoms with Crippen LogP contribution in [0.1, 0.15) is 58.8 Å². The fraction of sp³-hybridized carbons (Fsp3) is 0.962. The van der Waals surface area contributed by atoms with Gasteiger partial charge in [-0.05, 0) is 43.9 Å². The summed E-state index contributed by atoms with van der Waals surface area (Å²) in [5.41, 5.74) is -0.669. The number of hydrogen-bond acceptors (Lipinski definition) is 8. The molecule has 1 aliphatic carbocycles. The van der Waals surface area contributed by atoms with E-state index >= 15 is 0 Å². The van der Waals surface area contributed by atoms with Gasteiger partial charge in [0.25, 0.3) is 0 Å². The maximum Gasteiger partial charge on any atom is 0.240 e. The standard InChI is InChI=1S/C26H46N2O6S/c1-14(2)18(24-21(30)20(29)22(31)26(34-24)35-4)27-25(32)19-23-17(13-28(19)3)12-16(10-11-33-23)15-8-6-5-7-9-15/h14-24,26,29-31H,5-13H2,1-4H3,(H,27,32)/t16-,17+,18-,19+,20?,21?,22-,23-,24-,26?/m1/s1. The Morgan fingerprint density at radius 2 is 1.71 bits per heavy atom. The van der Waals surface area contributed by atoms with Crippen LogP contribution in [0, 0.1) is 23.7 Å². The Balaban J connectivity index is 1.45. The number of carbonyl (C=O) groups is 1. The van der Waals surface area contributed by atoms with E-state index in [-0.39, 0.29) is 24.0 Å². The zero-order valence-corrected chi connectivity index (χ0v) is 22.5. The minimum atomic E-state index is -1.33. The molecule has 35 heavy (non-hydrogen) atoms. The number of likely N-dealkylation sites (tertiary alicyclic amines) is 1. The van der Waals surface area contributed by atoms with Gasteiger partial charge in [0.05, 0.1) is 12.1 Å². The van der Waals surface area contributed by atoms with E-state index < -0.39 is 35.9 Å². The van der Waals surface area contributed by atoms with Gasteiger partial charge in [0.15, 0.2) is 0 Å². The van der Waals surface area contributed by atoms with Crippen LogP contribution in [0.25, 0.3) is 0 Å². The van der Waals surface area contributed by atoms with Crippen LogP contribution in [0.3, 0.4) is 0 Å². The summed E-state index contributed by atoms with van der Waals surface area (Å²) in [7, 11) is 2.00. The van der Waals surface area contributed by atoms with Crippen LogP contribution in [-0.2, 0) is 14.3 Å². The van der Waals surface area contributed by atoms with E-state index in [2.05, 4.69) is 10.2 Å². The highest BCUT2D eigenvalue weighted by Crippen LogP contribution is 2.41. The molecule has 3 unspecified atom stereocenters. The van der Waals surface area contributed by atoms with Gasteiger partial charge in [0.1, 0.15) is 35.9 Å². The van der Waals surface area contributed by atoms with Crippen molar-refractivity contribution in [3.63, 3.8) is 0 Å². The summed E-state index contributed by atoms with van der Waals surface area (Å²) < 4.78 is 12.4. The van der Waals surface area contributed by atoms with Gasteiger partial charge in [-0.15, -0.1) is 11.8 Å². The number of aliphatic hydroxyl groups excluding tert-OH is 3. The summed E-state index contributed by atoms with van der Waals surface area (Å²) in [5.74, 6) is 1.66. The zero-order chi connectivity index (χ0) is 25.3. The maximum absolute atomic E-state index is 13.7. The van der Waals surface area contributed by atoms with E-state index in [9.17, 15) is 20.1 Å². The second-order valence-electron chi connectivity index (χ2n) is 11.6. The fourth-order valence-corrected chi connectivity index (χ4v) is 7.70. The van der Waals surface area contributed by atoms with E-state index in [4.69, 9.17) is 9.47 Å². The first-order valence-electron chi connectivity index (χ1n) is 13.6. The second-order valence-corrected chi connectivity index (χ2v) is 12.6. The first-order chi connectivity index (χ1) is 16.7. The van der Waals surface area contributed by atoms with E-state index in [1.165, 1.54) is 43.9 Å². The molecule has 0 bridgehead atoms. The summed E-state index contributed by atoms with van der Waals surface area (Å²) in [4.78, 5) is 15.8. The van der Waals surface area contributed by atoms with Gasteiger partial charge in [0, 0.05) is 19.1 Å². The summed E-state index contributed by atoms with van der Waals surface area (Å²) in [6.07, 6.45) is 5.96. The van der Waals surface area contributed by atoms with Gasteiger partial charge in [-0.25, -0.2) is 0 Å². The predicted molar refractivity (Wildman–Crippen MR) is 136 cm³/mol. The molecule has 4 fully saturated rings. The minimum absolute atomic E-state index is 0.0446. The van der Waals surface area contributed by atoms with Crippen molar-refractivity contribution in [1.82, 2.24) is 10.2 Å². The lowest BCUT2D eigenvalue weighted by Gasteiger charge is -2.44. The molecule has 0 aromatic heterocycles. The second kappa shape index (κ2) is 12.0. The van der Waals surface area contributed by atoms with Crippen molar-refractivity contribution in [1.29, 1.82) is 0 Å². The van der Waals surface area contributed by atoms with E-state index in [1.807, 2.05) is 20.9 Å². The Bertz CT molecular complexity index is 705. The Labute approximate surface area is 214 Å². The number of nitrogens with zero attached hydrogens (tertiary/aromatic N) is 1. The summed E-state index contributed by atoms with van der Waals surface area (Å²) in [5, 5.41) is 34.5. The molecule has 3 heterocycles. The Hall–Kier alpha value is -0.420. The van der Waals surface area contributed by atoms with Crippen molar-refractivity contribution < 1.29 is 29.6 Å². The Morgan fingerprint density at radius 1 is 1.00 bits per heavy atom. The average Bonchev–Trinajstić information content (AvgIpc) is 3.01. The highest BCUT2D eigenvalue weighted by atomic mass is 32.2. The fourth-order valence-electron chi connectivity index (χ4n) is 7.02. The van der Waals surface area contributed by atoms with Crippen LogP contribution in [-0.4, -0.2) is 101 Å². The number of carbonyl (C=O) groups excluding carboxylic acids is 1. The molecule has 0 aromatic carbocycles. The number of ether oxygens (including phenoxy) is 2. The third-order valence-corrected chi connectivity index (χ3v) is 9.84. The van der Waals surface area contributed by atoms with Gasteiger partial charge < -0.3 is 30.1 Å². The summed E-state index contributed by atoms with van der Waals surface area (Å²) in [6, 6.07) is -0.901. The van der Waals surface area contributed by atoms with Gasteiger partial charge >= 0.3 is 0 Å². The highest BCUT2D eigenvalue weighted by Gasteiger charge is 2.50. The SMILES string of the molecule is CSC1O[C@H]([C@H](NC(=O)[C@@H]2[C@@H]3OCC[C@@H](C4CCCCC4)C[C@H]3CN2C)C(C)C)C(O)C(O)[C@H]1O. The molecule has 10 atom stereocenters. The summed E-state index contributed by atoms with van der Waals surface area (Å²) >= 11 is 1.28. The van der Waals surface area contributed by atoms with Gasteiger partial charge in [0.2, 0.25) is 5.91 Å². The van der Waals surface area contributed by atoms with Crippen molar-refractivity contribution in [2.24, 2.45) is 23.7 Å². The molecule has 3 aliphatic heterocycles. The van der Waals surface area contributed by atoms with Gasteiger partial charge in [-0.2, -0.15) is 0 Å². The van der Waals surface area contributed by atoms with Crippen LogP contribution >= 0.6 is 11.8 Å². The number of aliphatic hydroxyl groups is 3. The van der Waals surface area contributed by atoms with Crippen LogP contribution in [0.5, 0.6) is 0 Å². The van der Waals surface area contributed by atoms with Crippen LogP contribution < -0.4 is 5.32 Å². The molecule has 0 spiro atoms. The zero-order valence-electron chi connectivity index (χ0n) is 21.7. The Kier molecular flexibility index (Phi) is 9.44. The number of fused-ring (bicyclic) bond motifs is 1. The van der Waals surface area contributed by atoms with Crippen molar-refractivity contribution >= 4 is 17.7 Å². The molecular weight excluding hydrogens is 468 g/mol. The van der Waals surface area contributed by atoms with Crippen LogP contribution in [0.4, 0.5) is 0 Å². The molecule has 202 valence electrons. The lowest BCUT2D eigenvalue weighted by atomic mass is 9.75. The smallest absolute Gasteiger partial charge is 0.240 e. The normalized spacial score (nSPS) is 42.5. The molecule has 0 radical (unpaired) electrons. The average molecular weight is 515 g/mol. The van der Waals surface area contributed by atoms with Crippen molar-refractivity contribution in [2.45, 2.75) is 107 Å². The molecule has 8 nitrogen and oxygen atoms in total. The number of rotatable bonds is 6. The number of nitrogens with one attached hydrogen (secondary N) is 1. The number of hydrogen-bond donors (Lipinski definition) is 4. The molecule has 0 aromatic rings. The van der Waals surface area contributed by atoms with Gasteiger partial charge in [-0.3, -0.25) is 9.69 Å². The van der Waals surface area contributed by atoms with Crippen molar-refractivity contribution in [2.75, 3.05) is 26.5 Å². The molecule has 1 amide bonds. The minimum Gasteiger partial charge on any atom is -0.388 e. The molecule has 3 saturated heterocycles. The summed E-state index contributed by atoms with van der Waals surface area (Å²) in [6.45, 7) is 5.48. The maximum atomic E-state index is 13.7. The lowest BCUT2D eigenvalue weighted by molar-refractivity contribution is -0.208. The predicted octanol–water partition coefficient (Wildman–Crippen LogP) is 1.60. The quantitative estimate of drug-likeness (QED) is 0.423. The van der Waals surface area contributed by atoms with E-state index in [1.54, 1.807) is 6.26 Å². The van der Waals surface area contributed by atoms with Crippen LogP contribution in [0.2, 0.25) is 0 Å². The van der Waals surface area contributed by atoms with Crippen molar-refractivity contribution in [3.05, 3.63) is 0 Å². The highest BCUT2D eigenvalue weighted by molar-refractivity contribution is 7.99. The molecule has 4 aliphatic rings. The number of amides is 1. The monoisotopic (exact) mass is 514 g/mol. The first kappa shape index (κ1) is 27.6. The molecule has 4 N–H and O–H groups in total. The molecule has 4 rings (SSSR count). The van der Waals surface area contributed by atoms with E-state index in [0.29, 0.717) is 18.4 Å². The number of thioether (sulfide) groups is 1. The topological polar surface area (TPSA) is 111 Å². The van der Waals surface area contributed by atoms with Crippen molar-refractivity contribution in [3.8, 4) is 0 Å². The molecule has 1 saturated carbocycles. The molecule has 9 heteroatoms. The number of likely N-dealkylation sites (N-methyl/N-ethyl adjacent to an activating group) is 1. The first-order valence-corrected chi connectivity index (χ1v) is 14.9. The molecular formula is C26H46N2O6S. The largest absolute Gasteiger partial charge is 0.388 e. The Morgan fingerprint density at radius 3 is 2.37 bits per heavy atom. The van der Waals surface area contributed by atoms with E-state index in [0.717, 1.165) is 25.3 Å². The van der Waals surface area contributed by atoms with Crippen LogP contribution in [0.15, 0.2) is 0 Å². The third-order valence-electron chi connectivity index (χ3n) is 8.98. The third kappa shape index (κ3) is 5.86.